The van der Waals surface area contributed by atoms with Crippen LogP contribution in [-0.2, 0) is 24.3 Å². The Morgan fingerprint density at radius 3 is 2.28 bits per heavy atom. The lowest BCUT2D eigenvalue weighted by atomic mass is 9.92. The van der Waals surface area contributed by atoms with Gasteiger partial charge < -0.3 is 19.9 Å². The topological polar surface area (TPSA) is 71.0 Å². The minimum atomic E-state index is -0.301. The number of carbonyl (C=O) groups excluding carboxylic acids is 1. The molecule has 6 heteroatoms. The third-order valence-electron chi connectivity index (χ3n) is 5.07. The first-order valence-corrected chi connectivity index (χ1v) is 9.78. The molecule has 1 aliphatic rings. The van der Waals surface area contributed by atoms with Crippen LogP contribution in [0, 0.1) is 0 Å². The second kappa shape index (κ2) is 8.33. The summed E-state index contributed by atoms with van der Waals surface area (Å²) in [6.45, 7) is 7.17. The lowest BCUT2D eigenvalue weighted by Gasteiger charge is -2.37. The van der Waals surface area contributed by atoms with Gasteiger partial charge in [0.25, 0.3) is 0 Å². The summed E-state index contributed by atoms with van der Waals surface area (Å²) < 4.78 is 10.6. The number of phenolic OH excluding ortho intramolecular Hbond substituents is 1. The van der Waals surface area contributed by atoms with E-state index in [1.54, 1.807) is 12.1 Å². The molecule has 0 fully saturated rings. The zero-order chi connectivity index (χ0) is 21.2. The number of amides is 1. The number of methoxy groups -OCH3 is 2. The van der Waals surface area contributed by atoms with Crippen molar-refractivity contribution in [3.8, 4) is 17.2 Å². The summed E-state index contributed by atoms with van der Waals surface area (Å²) in [6, 6.07) is 11.5. The molecule has 1 aliphatic heterocycles. The van der Waals surface area contributed by atoms with E-state index in [2.05, 4.69) is 22.3 Å². The molecule has 0 saturated heterocycles. The largest absolute Gasteiger partial charge is 0.502 e. The van der Waals surface area contributed by atoms with Gasteiger partial charge in [-0.2, -0.15) is 0 Å². The van der Waals surface area contributed by atoms with Crippen molar-refractivity contribution in [2.45, 2.75) is 51.9 Å². The molecule has 1 unspecified atom stereocenters. The fourth-order valence-electron chi connectivity index (χ4n) is 3.73. The van der Waals surface area contributed by atoms with Gasteiger partial charge in [0.1, 0.15) is 0 Å². The van der Waals surface area contributed by atoms with Gasteiger partial charge >= 0.3 is 0 Å². The lowest BCUT2D eigenvalue weighted by Crippen LogP contribution is -2.54. The van der Waals surface area contributed by atoms with Crippen molar-refractivity contribution in [3.63, 3.8) is 0 Å². The normalized spacial score (nSPS) is 16.8. The van der Waals surface area contributed by atoms with E-state index >= 15 is 0 Å². The van der Waals surface area contributed by atoms with E-state index in [9.17, 15) is 9.90 Å². The van der Waals surface area contributed by atoms with Crippen LogP contribution in [0.15, 0.2) is 36.4 Å². The Balaban J connectivity index is 1.93. The first-order valence-electron chi connectivity index (χ1n) is 9.78. The predicted octanol–water partition coefficient (Wildman–Crippen LogP) is 3.25. The van der Waals surface area contributed by atoms with Crippen LogP contribution in [0.1, 0.15) is 37.5 Å². The van der Waals surface area contributed by atoms with Crippen molar-refractivity contribution in [3.05, 3.63) is 53.1 Å². The van der Waals surface area contributed by atoms with Crippen molar-refractivity contribution in [1.82, 2.24) is 10.2 Å². The Kier molecular flexibility index (Phi) is 6.03. The third-order valence-corrected chi connectivity index (χ3v) is 5.07. The molecular formula is C23H30N2O4. The molecule has 0 bridgehead atoms. The Bertz CT molecular complexity index is 864. The van der Waals surface area contributed by atoms with Gasteiger partial charge in [0.2, 0.25) is 11.7 Å². The van der Waals surface area contributed by atoms with Crippen LogP contribution >= 0.6 is 0 Å². The Morgan fingerprint density at radius 1 is 1.14 bits per heavy atom. The Labute approximate surface area is 172 Å². The quantitative estimate of drug-likeness (QED) is 0.809. The molecule has 29 heavy (non-hydrogen) atoms. The Morgan fingerprint density at radius 2 is 1.72 bits per heavy atom. The first-order chi connectivity index (χ1) is 13.7. The predicted molar refractivity (Wildman–Crippen MR) is 112 cm³/mol. The number of carbonyl (C=O) groups is 1. The molecule has 2 N–H and O–H groups in total. The van der Waals surface area contributed by atoms with Crippen molar-refractivity contribution >= 4 is 5.91 Å². The molecule has 156 valence electrons. The van der Waals surface area contributed by atoms with Gasteiger partial charge in [0.15, 0.2) is 11.5 Å². The van der Waals surface area contributed by atoms with Crippen LogP contribution in [0.25, 0.3) is 0 Å². The number of nitrogens with one attached hydrogen (secondary N) is 1. The van der Waals surface area contributed by atoms with E-state index in [-0.39, 0.29) is 23.2 Å². The van der Waals surface area contributed by atoms with Crippen molar-refractivity contribution in [2.75, 3.05) is 14.2 Å². The molecule has 2 aromatic carbocycles. The SMILES string of the molecule is COc1cc(CN2Cc3ccccc3CC2C(=O)NC(C)(C)C)cc(OC)c1O. The van der Waals surface area contributed by atoms with Gasteiger partial charge in [0, 0.05) is 18.6 Å². The molecule has 0 spiro atoms. The fraction of sp³-hybridized carbons (Fsp3) is 0.435. The van der Waals surface area contributed by atoms with Gasteiger partial charge in [-0.1, -0.05) is 24.3 Å². The van der Waals surface area contributed by atoms with Gasteiger partial charge in [-0.25, -0.2) is 0 Å². The average molecular weight is 399 g/mol. The van der Waals surface area contributed by atoms with E-state index in [0.29, 0.717) is 31.0 Å². The van der Waals surface area contributed by atoms with E-state index < -0.39 is 0 Å². The summed E-state index contributed by atoms with van der Waals surface area (Å²) in [5.74, 6) is 0.703. The smallest absolute Gasteiger partial charge is 0.238 e. The number of hydrogen-bond donors (Lipinski definition) is 2. The highest BCUT2D eigenvalue weighted by Crippen LogP contribution is 2.38. The number of aromatic hydroxyl groups is 1. The number of rotatable bonds is 5. The van der Waals surface area contributed by atoms with Crippen LogP contribution in [0.2, 0.25) is 0 Å². The standard InChI is InChI=1S/C23H30N2O4/c1-23(2,3)24-22(27)18-12-16-8-6-7-9-17(16)14-25(18)13-15-10-19(28-4)21(26)20(11-15)29-5/h6-11,18,26H,12-14H2,1-5H3,(H,24,27). The summed E-state index contributed by atoms with van der Waals surface area (Å²) in [5, 5.41) is 13.3. The number of phenols is 1. The highest BCUT2D eigenvalue weighted by molar-refractivity contribution is 5.83. The molecule has 1 amide bonds. The number of benzene rings is 2. The summed E-state index contributed by atoms with van der Waals surface area (Å²) in [5.41, 5.74) is 3.04. The van der Waals surface area contributed by atoms with Gasteiger partial charge in [-0.15, -0.1) is 0 Å². The van der Waals surface area contributed by atoms with E-state index in [4.69, 9.17) is 9.47 Å². The number of hydrogen-bond acceptors (Lipinski definition) is 5. The third kappa shape index (κ3) is 4.82. The molecule has 6 nitrogen and oxygen atoms in total. The van der Waals surface area contributed by atoms with Crippen LogP contribution in [0.3, 0.4) is 0 Å². The summed E-state index contributed by atoms with van der Waals surface area (Å²) in [4.78, 5) is 15.2. The van der Waals surface area contributed by atoms with Gasteiger partial charge in [-0.05, 0) is 56.0 Å². The number of fused-ring (bicyclic) bond motifs is 1. The van der Waals surface area contributed by atoms with E-state index in [0.717, 1.165) is 5.56 Å². The zero-order valence-electron chi connectivity index (χ0n) is 17.8. The molecule has 0 saturated carbocycles. The van der Waals surface area contributed by atoms with Crippen molar-refractivity contribution in [1.29, 1.82) is 0 Å². The second-order valence-electron chi connectivity index (χ2n) is 8.48. The maximum absolute atomic E-state index is 13.1. The first kappa shape index (κ1) is 21.0. The van der Waals surface area contributed by atoms with Crippen LogP contribution < -0.4 is 14.8 Å². The monoisotopic (exact) mass is 398 g/mol. The summed E-state index contributed by atoms with van der Waals surface area (Å²) in [7, 11) is 3.02. The highest BCUT2D eigenvalue weighted by Gasteiger charge is 2.33. The lowest BCUT2D eigenvalue weighted by molar-refractivity contribution is -0.128. The molecule has 3 rings (SSSR count). The molecular weight excluding hydrogens is 368 g/mol. The van der Waals surface area contributed by atoms with Crippen LogP contribution in [-0.4, -0.2) is 41.7 Å². The number of ether oxygens (including phenoxy) is 2. The average Bonchev–Trinajstić information content (AvgIpc) is 2.67. The Hall–Kier alpha value is -2.73. The fourth-order valence-corrected chi connectivity index (χ4v) is 3.73. The summed E-state index contributed by atoms with van der Waals surface area (Å²) in [6.07, 6.45) is 0.657. The maximum atomic E-state index is 13.1. The highest BCUT2D eigenvalue weighted by atomic mass is 16.5. The van der Waals surface area contributed by atoms with Gasteiger partial charge in [0.05, 0.1) is 20.3 Å². The molecule has 0 radical (unpaired) electrons. The summed E-state index contributed by atoms with van der Waals surface area (Å²) >= 11 is 0. The maximum Gasteiger partial charge on any atom is 0.238 e. The minimum absolute atomic E-state index is 0.0183. The van der Waals surface area contributed by atoms with Crippen LogP contribution in [0.4, 0.5) is 0 Å². The van der Waals surface area contributed by atoms with Gasteiger partial charge in [-0.3, -0.25) is 9.69 Å². The zero-order valence-corrected chi connectivity index (χ0v) is 17.8. The second-order valence-corrected chi connectivity index (χ2v) is 8.48. The number of nitrogens with zero attached hydrogens (tertiary/aromatic N) is 1. The molecule has 1 heterocycles. The molecule has 0 aliphatic carbocycles. The van der Waals surface area contributed by atoms with Crippen molar-refractivity contribution in [2.24, 2.45) is 0 Å². The van der Waals surface area contributed by atoms with E-state index in [1.165, 1.54) is 25.3 Å². The minimum Gasteiger partial charge on any atom is -0.502 e. The van der Waals surface area contributed by atoms with E-state index in [1.807, 2.05) is 32.9 Å². The molecule has 2 aromatic rings. The molecule has 0 aromatic heterocycles. The van der Waals surface area contributed by atoms with Crippen LogP contribution in [0.5, 0.6) is 17.2 Å². The molecule has 1 atom stereocenters. The van der Waals surface area contributed by atoms with Crippen molar-refractivity contribution < 1.29 is 19.4 Å².